The van der Waals surface area contributed by atoms with Crippen molar-refractivity contribution in [3.63, 3.8) is 0 Å². The van der Waals surface area contributed by atoms with Crippen LogP contribution in [-0.2, 0) is 16.1 Å². The molecule has 0 aliphatic heterocycles. The molecular weight excluding hydrogens is 334 g/mol. The number of thiazole rings is 1. The van der Waals surface area contributed by atoms with Gasteiger partial charge in [-0.15, -0.1) is 11.3 Å². The molecule has 0 saturated carbocycles. The van der Waals surface area contributed by atoms with Gasteiger partial charge < -0.3 is 4.74 Å². The average molecular weight is 353 g/mol. The summed E-state index contributed by atoms with van der Waals surface area (Å²) in [7, 11) is 0. The Hall–Kier alpha value is -2.73. The highest BCUT2D eigenvalue weighted by Gasteiger charge is 2.11. The molecule has 3 rings (SSSR count). The normalized spacial score (nSPS) is 11.2. The summed E-state index contributed by atoms with van der Waals surface area (Å²) in [5.74, 6) is -0.392. The zero-order valence-corrected chi connectivity index (χ0v) is 15.2. The van der Waals surface area contributed by atoms with Crippen molar-refractivity contribution in [1.29, 1.82) is 0 Å². The fourth-order valence-corrected chi connectivity index (χ4v) is 3.13. The van der Waals surface area contributed by atoms with Crippen LogP contribution in [0.1, 0.15) is 27.7 Å². The van der Waals surface area contributed by atoms with Crippen LogP contribution in [0.3, 0.4) is 0 Å². The summed E-state index contributed by atoms with van der Waals surface area (Å²) in [5, 5.41) is 7.41. The first-order valence-corrected chi connectivity index (χ1v) is 8.80. The summed E-state index contributed by atoms with van der Waals surface area (Å²) in [5.41, 5.74) is 4.52. The van der Waals surface area contributed by atoms with Gasteiger partial charge in [-0.25, -0.2) is 14.5 Å². The quantitative estimate of drug-likeness (QED) is 0.514. The van der Waals surface area contributed by atoms with Gasteiger partial charge in [0.05, 0.1) is 22.1 Å². The molecule has 0 amide bonds. The van der Waals surface area contributed by atoms with Gasteiger partial charge in [0.25, 0.3) is 0 Å². The number of nitrogens with zero attached hydrogens (tertiary/aromatic N) is 3. The molecule has 2 heterocycles. The number of carbonyl (C=O) groups is 1. The third-order valence-corrected chi connectivity index (χ3v) is 4.59. The van der Waals surface area contributed by atoms with Crippen molar-refractivity contribution >= 4 is 23.4 Å². The smallest absolute Gasteiger partial charge is 0.331 e. The summed E-state index contributed by atoms with van der Waals surface area (Å²) in [4.78, 5) is 16.2. The zero-order valence-electron chi connectivity index (χ0n) is 14.4. The molecule has 1 aromatic carbocycles. The minimum atomic E-state index is -0.392. The Morgan fingerprint density at radius 2 is 2.00 bits per heavy atom. The van der Waals surface area contributed by atoms with Crippen LogP contribution >= 0.6 is 11.3 Å². The molecule has 3 aromatic rings. The van der Waals surface area contributed by atoms with Gasteiger partial charge in [0.15, 0.2) is 0 Å². The molecule has 0 aliphatic carbocycles. The predicted octanol–water partition coefficient (Wildman–Crippen LogP) is 4.01. The van der Waals surface area contributed by atoms with E-state index < -0.39 is 5.97 Å². The number of hydrogen-bond acceptors (Lipinski definition) is 5. The Bertz CT molecular complexity index is 910. The fraction of sp³-hybridized carbons (Fsp3) is 0.211. The van der Waals surface area contributed by atoms with E-state index in [0.717, 1.165) is 33.3 Å². The molecule has 6 heteroatoms. The number of esters is 1. The molecule has 25 heavy (non-hydrogen) atoms. The molecule has 0 aliphatic rings. The SMILES string of the molecule is Cc1nc(COC(=O)/C=C/c2c(C)nn(-c3ccccc3)c2C)cs1. The van der Waals surface area contributed by atoms with Crippen molar-refractivity contribution in [2.45, 2.75) is 27.4 Å². The number of ether oxygens (including phenoxy) is 1. The van der Waals surface area contributed by atoms with Gasteiger partial charge in [-0.05, 0) is 39.0 Å². The number of carbonyl (C=O) groups excluding carboxylic acids is 1. The lowest BCUT2D eigenvalue weighted by atomic mass is 10.2. The Morgan fingerprint density at radius 1 is 1.24 bits per heavy atom. The minimum absolute atomic E-state index is 0.189. The van der Waals surface area contributed by atoms with Gasteiger partial charge in [0.1, 0.15) is 6.61 Å². The van der Waals surface area contributed by atoms with E-state index in [4.69, 9.17) is 4.74 Å². The van der Waals surface area contributed by atoms with Gasteiger partial charge in [0, 0.05) is 22.7 Å². The molecule has 0 fully saturated rings. The van der Waals surface area contributed by atoms with Gasteiger partial charge in [-0.1, -0.05) is 18.2 Å². The van der Waals surface area contributed by atoms with Crippen LogP contribution < -0.4 is 0 Å². The van der Waals surface area contributed by atoms with Crippen LogP contribution in [0.4, 0.5) is 0 Å². The summed E-state index contributed by atoms with van der Waals surface area (Å²) < 4.78 is 7.10. The van der Waals surface area contributed by atoms with Crippen LogP contribution in [0.5, 0.6) is 0 Å². The molecule has 0 N–H and O–H groups in total. The number of aromatic nitrogens is 3. The lowest BCUT2D eigenvalue weighted by Gasteiger charge is -2.03. The van der Waals surface area contributed by atoms with E-state index in [1.165, 1.54) is 17.4 Å². The molecular formula is C19H19N3O2S. The maximum atomic E-state index is 11.9. The van der Waals surface area contributed by atoms with Crippen molar-refractivity contribution in [2.24, 2.45) is 0 Å². The van der Waals surface area contributed by atoms with Crippen molar-refractivity contribution in [2.75, 3.05) is 0 Å². The maximum absolute atomic E-state index is 11.9. The van der Waals surface area contributed by atoms with E-state index >= 15 is 0 Å². The van der Waals surface area contributed by atoms with Crippen LogP contribution in [0, 0.1) is 20.8 Å². The Balaban J connectivity index is 1.71. The first-order chi connectivity index (χ1) is 12.0. The van der Waals surface area contributed by atoms with Crippen molar-refractivity contribution in [1.82, 2.24) is 14.8 Å². The van der Waals surface area contributed by atoms with E-state index in [2.05, 4.69) is 10.1 Å². The van der Waals surface area contributed by atoms with Gasteiger partial charge in [-0.3, -0.25) is 0 Å². The molecule has 0 atom stereocenters. The zero-order chi connectivity index (χ0) is 17.8. The molecule has 0 radical (unpaired) electrons. The summed E-state index contributed by atoms with van der Waals surface area (Å²) in [6.45, 7) is 6.02. The topological polar surface area (TPSA) is 57.0 Å². The van der Waals surface area contributed by atoms with E-state index in [0.29, 0.717) is 0 Å². The van der Waals surface area contributed by atoms with Gasteiger partial charge >= 0.3 is 5.97 Å². The first kappa shape index (κ1) is 17.1. The van der Waals surface area contributed by atoms with E-state index in [1.54, 1.807) is 6.08 Å². The minimum Gasteiger partial charge on any atom is -0.456 e. The monoisotopic (exact) mass is 353 g/mol. The third-order valence-electron chi connectivity index (χ3n) is 3.76. The second-order valence-electron chi connectivity index (χ2n) is 5.63. The Kier molecular flexibility index (Phi) is 5.09. The van der Waals surface area contributed by atoms with Crippen LogP contribution in [0.25, 0.3) is 11.8 Å². The lowest BCUT2D eigenvalue weighted by Crippen LogP contribution is -2.01. The van der Waals surface area contributed by atoms with Crippen molar-refractivity contribution in [3.8, 4) is 5.69 Å². The summed E-state index contributed by atoms with van der Waals surface area (Å²) in [6, 6.07) is 9.90. The van der Waals surface area contributed by atoms with E-state index in [9.17, 15) is 4.79 Å². The van der Waals surface area contributed by atoms with Gasteiger partial charge in [-0.2, -0.15) is 5.10 Å². The standard InChI is InChI=1S/C19H19N3O2S/c1-13-18(14(2)22(21-13)17-7-5-4-6-8-17)9-10-19(23)24-11-16-12-25-15(3)20-16/h4-10,12H,11H2,1-3H3/b10-9+. The number of benzene rings is 1. The lowest BCUT2D eigenvalue weighted by molar-refractivity contribution is -0.139. The molecule has 0 unspecified atom stereocenters. The predicted molar refractivity (Wildman–Crippen MR) is 98.7 cm³/mol. The molecule has 5 nitrogen and oxygen atoms in total. The number of aryl methyl sites for hydroxylation is 2. The number of para-hydroxylation sites is 1. The largest absolute Gasteiger partial charge is 0.456 e. The van der Waals surface area contributed by atoms with Crippen molar-refractivity contribution < 1.29 is 9.53 Å². The molecule has 0 bridgehead atoms. The van der Waals surface area contributed by atoms with Crippen LogP contribution in [0.2, 0.25) is 0 Å². The first-order valence-electron chi connectivity index (χ1n) is 7.92. The Labute approximate surface area is 150 Å². The Morgan fingerprint density at radius 3 is 2.68 bits per heavy atom. The second-order valence-corrected chi connectivity index (χ2v) is 6.69. The van der Waals surface area contributed by atoms with Gasteiger partial charge in [0.2, 0.25) is 0 Å². The average Bonchev–Trinajstić information content (AvgIpc) is 3.15. The van der Waals surface area contributed by atoms with E-state index in [1.807, 2.05) is 61.2 Å². The highest BCUT2D eigenvalue weighted by Crippen LogP contribution is 2.19. The number of hydrogen-bond donors (Lipinski definition) is 0. The third kappa shape index (κ3) is 4.03. The van der Waals surface area contributed by atoms with Crippen LogP contribution in [0.15, 0.2) is 41.8 Å². The maximum Gasteiger partial charge on any atom is 0.331 e. The van der Waals surface area contributed by atoms with Crippen molar-refractivity contribution in [3.05, 3.63) is 69.4 Å². The molecule has 0 spiro atoms. The molecule has 128 valence electrons. The fourth-order valence-electron chi connectivity index (χ4n) is 2.54. The highest BCUT2D eigenvalue weighted by molar-refractivity contribution is 7.09. The summed E-state index contributed by atoms with van der Waals surface area (Å²) >= 11 is 1.54. The molecule has 0 saturated heterocycles. The van der Waals surface area contributed by atoms with Crippen LogP contribution in [-0.4, -0.2) is 20.7 Å². The van der Waals surface area contributed by atoms with E-state index in [-0.39, 0.29) is 6.61 Å². The highest BCUT2D eigenvalue weighted by atomic mass is 32.1. The number of rotatable bonds is 5. The summed E-state index contributed by atoms with van der Waals surface area (Å²) in [6.07, 6.45) is 3.19. The molecule has 2 aromatic heterocycles. The second kappa shape index (κ2) is 7.44.